The zero-order chi connectivity index (χ0) is 15.5. The Morgan fingerprint density at radius 1 is 1.43 bits per heavy atom. The Kier molecular flexibility index (Phi) is 4.57. The topological polar surface area (TPSA) is 108 Å². The largest absolute Gasteiger partial charge is 0.478 e. The maximum absolute atomic E-state index is 12.3. The minimum absolute atomic E-state index is 0.0199. The smallest absolute Gasteiger partial charge is 0.335 e. The van der Waals surface area contributed by atoms with Crippen molar-refractivity contribution in [2.45, 2.75) is 11.9 Å². The number of carboxylic acids is 1. The lowest BCUT2D eigenvalue weighted by atomic mass is 10.1. The Bertz CT molecular complexity index is 663. The molecule has 1 N–H and O–H groups in total. The number of nitriles is 1. The third-order valence-corrected chi connectivity index (χ3v) is 4.93. The molecule has 1 heterocycles. The van der Waals surface area contributed by atoms with Crippen LogP contribution in [0.15, 0.2) is 24.3 Å². The van der Waals surface area contributed by atoms with Crippen LogP contribution >= 0.6 is 0 Å². The minimum Gasteiger partial charge on any atom is -0.478 e. The van der Waals surface area contributed by atoms with E-state index in [4.69, 9.17) is 15.1 Å². The second-order valence-electron chi connectivity index (χ2n) is 4.60. The average molecular weight is 310 g/mol. The van der Waals surface area contributed by atoms with Crippen LogP contribution in [-0.2, 0) is 20.5 Å². The zero-order valence-electron chi connectivity index (χ0n) is 11.1. The number of ether oxygens (including phenoxy) is 1. The fourth-order valence-electron chi connectivity index (χ4n) is 2.00. The van der Waals surface area contributed by atoms with Gasteiger partial charge < -0.3 is 9.84 Å². The first-order chi connectivity index (χ1) is 9.92. The summed E-state index contributed by atoms with van der Waals surface area (Å²) >= 11 is 0. The fourth-order valence-corrected chi connectivity index (χ4v) is 3.51. The molecule has 21 heavy (non-hydrogen) atoms. The highest BCUT2D eigenvalue weighted by Crippen LogP contribution is 2.15. The molecule has 1 saturated heterocycles. The van der Waals surface area contributed by atoms with Crippen LogP contribution < -0.4 is 0 Å². The third kappa shape index (κ3) is 3.78. The van der Waals surface area contributed by atoms with E-state index in [1.165, 1.54) is 28.6 Å². The van der Waals surface area contributed by atoms with Crippen molar-refractivity contribution in [1.82, 2.24) is 4.31 Å². The Morgan fingerprint density at radius 3 is 2.67 bits per heavy atom. The quantitative estimate of drug-likeness (QED) is 0.864. The fraction of sp³-hybridized carbons (Fsp3) is 0.385. The van der Waals surface area contributed by atoms with E-state index in [-0.39, 0.29) is 31.0 Å². The van der Waals surface area contributed by atoms with Gasteiger partial charge in [-0.25, -0.2) is 13.2 Å². The van der Waals surface area contributed by atoms with E-state index < -0.39 is 22.1 Å². The monoisotopic (exact) mass is 310 g/mol. The lowest BCUT2D eigenvalue weighted by Crippen LogP contribution is -2.45. The van der Waals surface area contributed by atoms with Crippen molar-refractivity contribution in [3.8, 4) is 6.07 Å². The van der Waals surface area contributed by atoms with Crippen LogP contribution in [0.3, 0.4) is 0 Å². The summed E-state index contributed by atoms with van der Waals surface area (Å²) in [5, 5.41) is 17.6. The standard InChI is InChI=1S/C13H14N2O5S/c14-7-12-8-15(5-6-20-12)21(18,19)9-10-1-3-11(4-2-10)13(16)17/h1-4,12H,5-6,8-9H2,(H,16,17). The van der Waals surface area contributed by atoms with Gasteiger partial charge in [-0.05, 0) is 17.7 Å². The first-order valence-electron chi connectivity index (χ1n) is 6.23. The molecule has 2 rings (SSSR count). The molecule has 0 bridgehead atoms. The van der Waals surface area contributed by atoms with Crippen LogP contribution in [0, 0.1) is 11.3 Å². The number of rotatable bonds is 4. The highest BCUT2D eigenvalue weighted by molar-refractivity contribution is 7.88. The van der Waals surface area contributed by atoms with Gasteiger partial charge in [-0.3, -0.25) is 0 Å². The number of carboxylic acid groups (broad SMARTS) is 1. The van der Waals surface area contributed by atoms with Crippen molar-refractivity contribution >= 4 is 16.0 Å². The molecule has 1 atom stereocenters. The lowest BCUT2D eigenvalue weighted by Gasteiger charge is -2.28. The Labute approximate surface area is 122 Å². The number of hydrogen-bond acceptors (Lipinski definition) is 5. The summed E-state index contributed by atoms with van der Waals surface area (Å²) in [4.78, 5) is 10.7. The molecule has 1 fully saturated rings. The van der Waals surface area contributed by atoms with Crippen molar-refractivity contribution in [3.63, 3.8) is 0 Å². The molecule has 1 unspecified atom stereocenters. The number of carbonyl (C=O) groups is 1. The molecular formula is C13H14N2O5S. The van der Waals surface area contributed by atoms with Gasteiger partial charge in [0.25, 0.3) is 0 Å². The van der Waals surface area contributed by atoms with Crippen molar-refractivity contribution in [1.29, 1.82) is 5.26 Å². The summed E-state index contributed by atoms with van der Waals surface area (Å²) in [7, 11) is -3.56. The van der Waals surface area contributed by atoms with Gasteiger partial charge in [0.05, 0.1) is 30.5 Å². The number of nitrogens with zero attached hydrogens (tertiary/aromatic N) is 2. The molecule has 0 aliphatic carbocycles. The van der Waals surface area contributed by atoms with Gasteiger partial charge in [-0.2, -0.15) is 9.57 Å². The normalized spacial score (nSPS) is 19.9. The molecular weight excluding hydrogens is 296 g/mol. The predicted molar refractivity (Wildman–Crippen MR) is 73.0 cm³/mol. The molecule has 0 aromatic heterocycles. The zero-order valence-corrected chi connectivity index (χ0v) is 11.9. The van der Waals surface area contributed by atoms with Crippen LogP contribution in [0.1, 0.15) is 15.9 Å². The maximum Gasteiger partial charge on any atom is 0.335 e. The van der Waals surface area contributed by atoms with Gasteiger partial charge in [-0.15, -0.1) is 0 Å². The van der Waals surface area contributed by atoms with E-state index in [2.05, 4.69) is 0 Å². The van der Waals surface area contributed by atoms with E-state index >= 15 is 0 Å². The van der Waals surface area contributed by atoms with Crippen LogP contribution in [0.25, 0.3) is 0 Å². The van der Waals surface area contributed by atoms with Crippen LogP contribution in [0.4, 0.5) is 0 Å². The van der Waals surface area contributed by atoms with E-state index in [0.717, 1.165) is 0 Å². The first-order valence-corrected chi connectivity index (χ1v) is 7.84. The number of morpholine rings is 1. The Morgan fingerprint density at radius 2 is 2.10 bits per heavy atom. The van der Waals surface area contributed by atoms with E-state index in [9.17, 15) is 13.2 Å². The SMILES string of the molecule is N#CC1CN(S(=O)(=O)Cc2ccc(C(=O)O)cc2)CCO1. The molecule has 1 aliphatic rings. The van der Waals surface area contributed by atoms with Crippen molar-refractivity contribution in [3.05, 3.63) is 35.4 Å². The number of sulfonamides is 1. The minimum atomic E-state index is -3.56. The summed E-state index contributed by atoms with van der Waals surface area (Å²) in [6.45, 7) is 0.426. The molecule has 0 saturated carbocycles. The van der Waals surface area contributed by atoms with Gasteiger partial charge in [0.1, 0.15) is 0 Å². The second kappa shape index (κ2) is 6.22. The molecule has 0 radical (unpaired) electrons. The number of benzene rings is 1. The molecule has 112 valence electrons. The van der Waals surface area contributed by atoms with Gasteiger partial charge >= 0.3 is 5.97 Å². The molecule has 1 aromatic rings. The maximum atomic E-state index is 12.3. The Balaban J connectivity index is 2.10. The summed E-state index contributed by atoms with van der Waals surface area (Å²) in [6.07, 6.45) is -0.747. The predicted octanol–water partition coefficient (Wildman–Crippen LogP) is 0.439. The lowest BCUT2D eigenvalue weighted by molar-refractivity contribution is 0.0311. The average Bonchev–Trinajstić information content (AvgIpc) is 2.47. The summed E-state index contributed by atoms with van der Waals surface area (Å²) in [5.41, 5.74) is 0.604. The molecule has 1 aliphatic heterocycles. The summed E-state index contributed by atoms with van der Waals surface area (Å²) in [6, 6.07) is 7.58. The summed E-state index contributed by atoms with van der Waals surface area (Å²) in [5.74, 6) is -1.29. The molecule has 0 spiro atoms. The van der Waals surface area contributed by atoms with Gasteiger partial charge in [0, 0.05) is 6.54 Å². The van der Waals surface area contributed by atoms with E-state index in [1.54, 1.807) is 0 Å². The van der Waals surface area contributed by atoms with Crippen LogP contribution in [0.5, 0.6) is 0 Å². The number of hydrogen-bond donors (Lipinski definition) is 1. The summed E-state index contributed by atoms with van der Waals surface area (Å²) < 4.78 is 30.9. The highest BCUT2D eigenvalue weighted by atomic mass is 32.2. The highest BCUT2D eigenvalue weighted by Gasteiger charge is 2.29. The molecule has 1 aromatic carbocycles. The van der Waals surface area contributed by atoms with E-state index in [0.29, 0.717) is 5.56 Å². The van der Waals surface area contributed by atoms with Crippen LogP contribution in [0.2, 0.25) is 0 Å². The molecule has 7 nitrogen and oxygen atoms in total. The van der Waals surface area contributed by atoms with Gasteiger partial charge in [-0.1, -0.05) is 12.1 Å². The van der Waals surface area contributed by atoms with Crippen molar-refractivity contribution in [2.24, 2.45) is 0 Å². The number of aromatic carboxylic acids is 1. The second-order valence-corrected chi connectivity index (χ2v) is 6.57. The third-order valence-electron chi connectivity index (χ3n) is 3.12. The van der Waals surface area contributed by atoms with Gasteiger partial charge in [0.15, 0.2) is 6.10 Å². The van der Waals surface area contributed by atoms with Gasteiger partial charge in [0.2, 0.25) is 10.0 Å². The van der Waals surface area contributed by atoms with E-state index in [1.807, 2.05) is 6.07 Å². The first kappa shape index (κ1) is 15.4. The van der Waals surface area contributed by atoms with Crippen molar-refractivity contribution < 1.29 is 23.1 Å². The molecule has 8 heteroatoms. The van der Waals surface area contributed by atoms with Crippen molar-refractivity contribution in [2.75, 3.05) is 19.7 Å². The van der Waals surface area contributed by atoms with Crippen LogP contribution in [-0.4, -0.2) is 49.6 Å². The Hall–Kier alpha value is -1.95. The molecule has 0 amide bonds.